The summed E-state index contributed by atoms with van der Waals surface area (Å²) in [4.78, 5) is 8.46. The maximum atomic E-state index is 13.5. The SMILES string of the molecule is Fc1ccccc1CNc1nc(-c2ccncc2)cs1. The molecule has 3 nitrogen and oxygen atoms in total. The van der Waals surface area contributed by atoms with Crippen molar-refractivity contribution in [3.05, 3.63) is 65.6 Å². The van der Waals surface area contributed by atoms with Crippen molar-refractivity contribution in [2.75, 3.05) is 5.32 Å². The van der Waals surface area contributed by atoms with E-state index in [2.05, 4.69) is 15.3 Å². The normalized spacial score (nSPS) is 10.4. The molecule has 3 rings (SSSR count). The number of benzene rings is 1. The molecule has 0 spiro atoms. The first-order valence-electron chi connectivity index (χ1n) is 6.16. The summed E-state index contributed by atoms with van der Waals surface area (Å²) in [5.74, 6) is -0.203. The molecule has 3 aromatic rings. The number of thiazole rings is 1. The van der Waals surface area contributed by atoms with Crippen LogP contribution < -0.4 is 5.32 Å². The molecule has 0 aliphatic carbocycles. The summed E-state index contributed by atoms with van der Waals surface area (Å²) in [5, 5.41) is 5.89. The topological polar surface area (TPSA) is 37.8 Å². The lowest BCUT2D eigenvalue weighted by Gasteiger charge is -2.03. The molecule has 2 aromatic heterocycles. The summed E-state index contributed by atoms with van der Waals surface area (Å²) >= 11 is 1.50. The Morgan fingerprint density at radius 1 is 1.10 bits per heavy atom. The van der Waals surface area contributed by atoms with Gasteiger partial charge in [0.05, 0.1) is 5.69 Å². The Kier molecular flexibility index (Phi) is 3.69. The second kappa shape index (κ2) is 5.79. The molecule has 1 aromatic carbocycles. The summed E-state index contributed by atoms with van der Waals surface area (Å²) in [6, 6.07) is 10.6. The van der Waals surface area contributed by atoms with Crippen molar-refractivity contribution >= 4 is 16.5 Å². The maximum absolute atomic E-state index is 13.5. The van der Waals surface area contributed by atoms with E-state index in [0.29, 0.717) is 12.1 Å². The van der Waals surface area contributed by atoms with Crippen LogP contribution in [0.25, 0.3) is 11.3 Å². The van der Waals surface area contributed by atoms with Crippen LogP contribution in [-0.2, 0) is 6.54 Å². The molecule has 0 amide bonds. The van der Waals surface area contributed by atoms with Gasteiger partial charge in [0, 0.05) is 35.4 Å². The van der Waals surface area contributed by atoms with Crippen LogP contribution in [0.15, 0.2) is 54.2 Å². The van der Waals surface area contributed by atoms with Gasteiger partial charge in [0.15, 0.2) is 5.13 Å². The molecule has 0 bridgehead atoms. The van der Waals surface area contributed by atoms with Crippen LogP contribution >= 0.6 is 11.3 Å². The van der Waals surface area contributed by atoms with Gasteiger partial charge in [-0.3, -0.25) is 4.98 Å². The molecule has 2 heterocycles. The largest absolute Gasteiger partial charge is 0.357 e. The molecular formula is C15H12FN3S. The number of halogens is 1. The van der Waals surface area contributed by atoms with Crippen LogP contribution in [0.3, 0.4) is 0 Å². The first-order valence-corrected chi connectivity index (χ1v) is 7.04. The molecule has 0 saturated carbocycles. The average Bonchev–Trinajstić information content (AvgIpc) is 2.96. The highest BCUT2D eigenvalue weighted by Gasteiger charge is 2.05. The van der Waals surface area contributed by atoms with Gasteiger partial charge in [-0.05, 0) is 18.2 Å². The van der Waals surface area contributed by atoms with Crippen molar-refractivity contribution in [2.45, 2.75) is 6.54 Å². The van der Waals surface area contributed by atoms with Gasteiger partial charge in [0.1, 0.15) is 5.82 Å². The minimum atomic E-state index is -0.203. The highest BCUT2D eigenvalue weighted by atomic mass is 32.1. The number of pyridine rings is 1. The number of hydrogen-bond acceptors (Lipinski definition) is 4. The summed E-state index contributed by atoms with van der Waals surface area (Å²) in [5.41, 5.74) is 2.55. The number of aromatic nitrogens is 2. The molecule has 100 valence electrons. The molecular weight excluding hydrogens is 273 g/mol. The summed E-state index contributed by atoms with van der Waals surface area (Å²) < 4.78 is 13.5. The Labute approximate surface area is 120 Å². The van der Waals surface area contributed by atoms with Gasteiger partial charge < -0.3 is 5.32 Å². The van der Waals surface area contributed by atoms with Crippen LogP contribution in [0.5, 0.6) is 0 Å². The summed E-state index contributed by atoms with van der Waals surface area (Å²) in [6.45, 7) is 0.427. The van der Waals surface area contributed by atoms with E-state index in [-0.39, 0.29) is 5.82 Å². The number of nitrogens with zero attached hydrogens (tertiary/aromatic N) is 2. The van der Waals surface area contributed by atoms with Crippen molar-refractivity contribution in [3.8, 4) is 11.3 Å². The number of anilines is 1. The van der Waals surface area contributed by atoms with E-state index >= 15 is 0 Å². The van der Waals surface area contributed by atoms with Crippen molar-refractivity contribution in [3.63, 3.8) is 0 Å². The minimum Gasteiger partial charge on any atom is -0.357 e. The fraction of sp³-hybridized carbons (Fsp3) is 0.0667. The Morgan fingerprint density at radius 2 is 1.90 bits per heavy atom. The van der Waals surface area contributed by atoms with Crippen LogP contribution in [0.2, 0.25) is 0 Å². The van der Waals surface area contributed by atoms with E-state index in [0.717, 1.165) is 16.4 Å². The molecule has 0 aliphatic rings. The number of nitrogens with one attached hydrogen (secondary N) is 1. The standard InChI is InChI=1S/C15H12FN3S/c16-13-4-2-1-3-12(13)9-18-15-19-14(10-20-15)11-5-7-17-8-6-11/h1-8,10H,9H2,(H,18,19). The fourth-order valence-corrected chi connectivity index (χ4v) is 2.54. The average molecular weight is 285 g/mol. The van der Waals surface area contributed by atoms with Gasteiger partial charge in [0.2, 0.25) is 0 Å². The van der Waals surface area contributed by atoms with E-state index in [1.807, 2.05) is 23.6 Å². The van der Waals surface area contributed by atoms with Crippen molar-refractivity contribution in [1.29, 1.82) is 0 Å². The predicted octanol–water partition coefficient (Wildman–Crippen LogP) is 3.96. The van der Waals surface area contributed by atoms with E-state index in [4.69, 9.17) is 0 Å². The molecule has 0 saturated heterocycles. The third kappa shape index (κ3) is 2.83. The summed E-state index contributed by atoms with van der Waals surface area (Å²) in [6.07, 6.45) is 3.47. The second-order valence-corrected chi connectivity index (χ2v) is 5.08. The van der Waals surface area contributed by atoms with E-state index in [1.54, 1.807) is 24.5 Å². The second-order valence-electron chi connectivity index (χ2n) is 4.22. The van der Waals surface area contributed by atoms with Gasteiger partial charge in [-0.1, -0.05) is 18.2 Å². The van der Waals surface area contributed by atoms with E-state index < -0.39 is 0 Å². The zero-order valence-electron chi connectivity index (χ0n) is 10.6. The van der Waals surface area contributed by atoms with Crippen LogP contribution in [-0.4, -0.2) is 9.97 Å². The Bertz CT molecular complexity index is 697. The maximum Gasteiger partial charge on any atom is 0.183 e. The third-order valence-electron chi connectivity index (χ3n) is 2.87. The molecule has 1 N–H and O–H groups in total. The molecule has 0 radical (unpaired) electrons. The smallest absolute Gasteiger partial charge is 0.183 e. The Balaban J connectivity index is 1.71. The fourth-order valence-electron chi connectivity index (χ4n) is 1.82. The lowest BCUT2D eigenvalue weighted by molar-refractivity contribution is 0.613. The molecule has 0 atom stereocenters. The lowest BCUT2D eigenvalue weighted by atomic mass is 10.2. The third-order valence-corrected chi connectivity index (χ3v) is 3.67. The lowest BCUT2D eigenvalue weighted by Crippen LogP contribution is -2.01. The van der Waals surface area contributed by atoms with Gasteiger partial charge in [-0.2, -0.15) is 0 Å². The van der Waals surface area contributed by atoms with E-state index in [1.165, 1.54) is 17.4 Å². The first kappa shape index (κ1) is 12.7. The number of hydrogen-bond donors (Lipinski definition) is 1. The molecule has 0 aliphatic heterocycles. The van der Waals surface area contributed by atoms with Crippen molar-refractivity contribution in [2.24, 2.45) is 0 Å². The summed E-state index contributed by atoms with van der Waals surface area (Å²) in [7, 11) is 0. The van der Waals surface area contributed by atoms with E-state index in [9.17, 15) is 4.39 Å². The zero-order valence-corrected chi connectivity index (χ0v) is 11.4. The highest BCUT2D eigenvalue weighted by molar-refractivity contribution is 7.14. The number of rotatable bonds is 4. The van der Waals surface area contributed by atoms with Crippen LogP contribution in [0, 0.1) is 5.82 Å². The molecule has 0 unspecified atom stereocenters. The van der Waals surface area contributed by atoms with Gasteiger partial charge in [-0.15, -0.1) is 11.3 Å². The van der Waals surface area contributed by atoms with Crippen molar-refractivity contribution < 1.29 is 4.39 Å². The van der Waals surface area contributed by atoms with Gasteiger partial charge in [0.25, 0.3) is 0 Å². The van der Waals surface area contributed by atoms with Gasteiger partial charge in [-0.25, -0.2) is 9.37 Å². The Hall–Kier alpha value is -2.27. The quantitative estimate of drug-likeness (QED) is 0.788. The first-order chi connectivity index (χ1) is 9.83. The zero-order chi connectivity index (χ0) is 13.8. The van der Waals surface area contributed by atoms with Crippen LogP contribution in [0.1, 0.15) is 5.56 Å². The van der Waals surface area contributed by atoms with Gasteiger partial charge >= 0.3 is 0 Å². The minimum absolute atomic E-state index is 0.203. The Morgan fingerprint density at radius 3 is 2.70 bits per heavy atom. The highest BCUT2D eigenvalue weighted by Crippen LogP contribution is 2.24. The molecule has 5 heteroatoms. The van der Waals surface area contributed by atoms with Crippen LogP contribution in [0.4, 0.5) is 9.52 Å². The molecule has 0 fully saturated rings. The predicted molar refractivity (Wildman–Crippen MR) is 79.1 cm³/mol. The van der Waals surface area contributed by atoms with Crippen molar-refractivity contribution in [1.82, 2.24) is 9.97 Å². The molecule has 20 heavy (non-hydrogen) atoms. The monoisotopic (exact) mass is 285 g/mol.